The summed E-state index contributed by atoms with van der Waals surface area (Å²) < 4.78 is 6.03. The molecule has 0 saturated heterocycles. The molecule has 0 saturated carbocycles. The third-order valence-electron chi connectivity index (χ3n) is 7.66. The van der Waals surface area contributed by atoms with E-state index < -0.39 is 29.6 Å². The zero-order valence-corrected chi connectivity index (χ0v) is 25.6. The molecule has 3 rings (SSSR count). The maximum atomic E-state index is 13.9. The van der Waals surface area contributed by atoms with Crippen molar-refractivity contribution in [3.8, 4) is 5.75 Å². The van der Waals surface area contributed by atoms with E-state index in [1.165, 1.54) is 25.8 Å². The number of aryl methyl sites for hydroxylation is 1. The molecule has 4 N–H and O–H groups in total. The molecule has 42 heavy (non-hydrogen) atoms. The van der Waals surface area contributed by atoms with Gasteiger partial charge in [-0.25, -0.2) is 0 Å². The summed E-state index contributed by atoms with van der Waals surface area (Å²) in [6.07, 6.45) is 4.68. The lowest BCUT2D eigenvalue weighted by molar-refractivity contribution is -0.150. The molecule has 228 valence electrons. The van der Waals surface area contributed by atoms with Gasteiger partial charge in [0.15, 0.2) is 0 Å². The summed E-state index contributed by atoms with van der Waals surface area (Å²) in [7, 11) is 1.52. The molecule has 0 aliphatic carbocycles. The Balaban J connectivity index is 1.99. The normalized spacial score (nSPS) is 23.0. The Morgan fingerprint density at radius 3 is 2.43 bits per heavy atom. The first kappa shape index (κ1) is 32.8. The van der Waals surface area contributed by atoms with Gasteiger partial charge in [-0.3, -0.25) is 14.4 Å². The second-order valence-corrected chi connectivity index (χ2v) is 11.6. The quantitative estimate of drug-likeness (QED) is 0.433. The van der Waals surface area contributed by atoms with Crippen LogP contribution in [-0.4, -0.2) is 78.2 Å². The number of benzene rings is 2. The number of carbonyl (C=O) groups is 3. The zero-order chi connectivity index (χ0) is 30.9. The molecule has 9 nitrogen and oxygen atoms in total. The van der Waals surface area contributed by atoms with Crippen LogP contribution in [0.25, 0.3) is 6.08 Å². The molecule has 9 heteroatoms. The van der Waals surface area contributed by atoms with E-state index in [1.54, 1.807) is 0 Å². The van der Waals surface area contributed by atoms with Crippen molar-refractivity contribution in [2.75, 3.05) is 26.7 Å². The molecular weight excluding hydrogens is 532 g/mol. The highest BCUT2D eigenvalue weighted by atomic mass is 16.5. The van der Waals surface area contributed by atoms with E-state index in [0.717, 1.165) is 23.1 Å². The fourth-order valence-corrected chi connectivity index (χ4v) is 5.10. The van der Waals surface area contributed by atoms with Gasteiger partial charge in [0, 0.05) is 32.1 Å². The van der Waals surface area contributed by atoms with Gasteiger partial charge < -0.3 is 30.7 Å². The number of carbonyl (C=O) groups excluding carboxylic acids is 3. The van der Waals surface area contributed by atoms with Crippen LogP contribution in [0.15, 0.2) is 54.6 Å². The van der Waals surface area contributed by atoms with Gasteiger partial charge in [0.1, 0.15) is 24.4 Å². The number of ether oxygens (including phenoxy) is 1. The number of hydrogen-bond donors (Lipinski definition) is 4. The second kappa shape index (κ2) is 15.0. The van der Waals surface area contributed by atoms with E-state index in [9.17, 15) is 19.5 Å². The van der Waals surface area contributed by atoms with Crippen LogP contribution in [0.4, 0.5) is 0 Å². The summed E-state index contributed by atoms with van der Waals surface area (Å²) in [4.78, 5) is 42.4. The topological polar surface area (TPSA) is 120 Å². The molecule has 2 aromatic carbocycles. The van der Waals surface area contributed by atoms with Gasteiger partial charge >= 0.3 is 0 Å². The molecule has 0 spiro atoms. The first-order valence-electron chi connectivity index (χ1n) is 14.7. The highest BCUT2D eigenvalue weighted by Crippen LogP contribution is 2.21. The lowest BCUT2D eigenvalue weighted by Crippen LogP contribution is -2.63. The average Bonchev–Trinajstić information content (AvgIpc) is 2.94. The van der Waals surface area contributed by atoms with E-state index >= 15 is 0 Å². The smallest absolute Gasteiger partial charge is 0.246 e. The van der Waals surface area contributed by atoms with Crippen molar-refractivity contribution < 1.29 is 24.2 Å². The third-order valence-corrected chi connectivity index (χ3v) is 7.66. The molecule has 2 aromatic rings. The van der Waals surface area contributed by atoms with Gasteiger partial charge in [-0.2, -0.15) is 0 Å². The first-order valence-corrected chi connectivity index (χ1v) is 14.7. The predicted molar refractivity (Wildman–Crippen MR) is 165 cm³/mol. The van der Waals surface area contributed by atoms with Crippen molar-refractivity contribution in [3.63, 3.8) is 0 Å². The van der Waals surface area contributed by atoms with Crippen molar-refractivity contribution >= 4 is 23.8 Å². The van der Waals surface area contributed by atoms with Crippen LogP contribution in [0.3, 0.4) is 0 Å². The Labute approximate surface area is 249 Å². The highest BCUT2D eigenvalue weighted by Gasteiger charge is 2.42. The Kier molecular flexibility index (Phi) is 11.7. The van der Waals surface area contributed by atoms with Crippen LogP contribution < -0.4 is 20.7 Å². The molecule has 0 bridgehead atoms. The van der Waals surface area contributed by atoms with Gasteiger partial charge in [-0.1, -0.05) is 80.4 Å². The molecule has 3 amide bonds. The number of amides is 3. The average molecular weight is 579 g/mol. The maximum Gasteiger partial charge on any atom is 0.246 e. The maximum absolute atomic E-state index is 13.9. The number of para-hydroxylation sites is 1. The van der Waals surface area contributed by atoms with Crippen LogP contribution in [0.1, 0.15) is 50.8 Å². The minimum Gasteiger partial charge on any atom is -0.492 e. The van der Waals surface area contributed by atoms with Crippen LogP contribution in [0.5, 0.6) is 5.75 Å². The lowest BCUT2D eigenvalue weighted by atomic mass is 9.92. The van der Waals surface area contributed by atoms with Crippen molar-refractivity contribution in [3.05, 3.63) is 71.3 Å². The van der Waals surface area contributed by atoms with E-state index in [1.807, 2.05) is 81.5 Å². The van der Waals surface area contributed by atoms with Crippen LogP contribution in [0, 0.1) is 12.8 Å². The molecule has 1 aliphatic heterocycles. The number of nitrogens with zero attached hydrogens (tertiary/aromatic N) is 1. The van der Waals surface area contributed by atoms with E-state index in [2.05, 4.69) is 16.0 Å². The molecule has 1 aliphatic rings. The Hall–Kier alpha value is -3.69. The SMILES string of the molecule is CCC(C)[C@@H]1NCCOc2ccccc2/C=C/CNC(=O)[C@@H](Cc2ccc(C)cc2)NC(=O)[C@H](C(C)(C)O)N(C)C1=O. The first-order chi connectivity index (χ1) is 19.9. The molecule has 0 radical (unpaired) electrons. The van der Waals surface area contributed by atoms with Crippen molar-refractivity contribution in [2.45, 2.75) is 71.2 Å². The number of likely N-dealkylation sites (N-methyl/N-ethyl adjacent to an activating group) is 1. The minimum absolute atomic E-state index is 0.0497. The Morgan fingerprint density at radius 2 is 1.76 bits per heavy atom. The predicted octanol–water partition coefficient (Wildman–Crippen LogP) is 2.85. The van der Waals surface area contributed by atoms with E-state index in [-0.39, 0.29) is 30.7 Å². The molecule has 0 fully saturated rings. The second-order valence-electron chi connectivity index (χ2n) is 11.6. The number of aliphatic hydroxyl groups is 1. The lowest BCUT2D eigenvalue weighted by Gasteiger charge is -2.39. The van der Waals surface area contributed by atoms with Gasteiger partial charge in [0.2, 0.25) is 17.7 Å². The summed E-state index contributed by atoms with van der Waals surface area (Å²) >= 11 is 0. The molecule has 1 heterocycles. The number of hydrogen-bond acceptors (Lipinski definition) is 6. The molecular formula is C33H46N4O5. The molecule has 1 unspecified atom stereocenters. The van der Waals surface area contributed by atoms with Crippen molar-refractivity contribution in [2.24, 2.45) is 5.92 Å². The number of rotatable bonds is 5. The minimum atomic E-state index is -1.59. The van der Waals surface area contributed by atoms with E-state index in [0.29, 0.717) is 18.9 Å². The monoisotopic (exact) mass is 578 g/mol. The largest absolute Gasteiger partial charge is 0.492 e. The van der Waals surface area contributed by atoms with Crippen LogP contribution in [0.2, 0.25) is 0 Å². The highest BCUT2D eigenvalue weighted by molar-refractivity contribution is 5.94. The molecule has 0 aromatic heterocycles. The molecule has 4 atom stereocenters. The van der Waals surface area contributed by atoms with Crippen LogP contribution >= 0.6 is 0 Å². The van der Waals surface area contributed by atoms with Gasteiger partial charge in [0.25, 0.3) is 0 Å². The number of fused-ring (bicyclic) bond motifs is 1. The van der Waals surface area contributed by atoms with Crippen molar-refractivity contribution in [1.82, 2.24) is 20.9 Å². The fourth-order valence-electron chi connectivity index (χ4n) is 5.10. The Morgan fingerprint density at radius 1 is 1.07 bits per heavy atom. The van der Waals surface area contributed by atoms with Crippen LogP contribution in [-0.2, 0) is 20.8 Å². The Bertz CT molecular complexity index is 1240. The van der Waals surface area contributed by atoms with Gasteiger partial charge in [-0.15, -0.1) is 0 Å². The summed E-state index contributed by atoms with van der Waals surface area (Å²) in [6, 6.07) is 12.6. The fraction of sp³-hybridized carbons (Fsp3) is 0.485. The van der Waals surface area contributed by atoms with Crippen molar-refractivity contribution in [1.29, 1.82) is 0 Å². The number of nitrogens with one attached hydrogen (secondary N) is 3. The zero-order valence-electron chi connectivity index (χ0n) is 25.6. The summed E-state index contributed by atoms with van der Waals surface area (Å²) in [6.45, 7) is 9.89. The summed E-state index contributed by atoms with van der Waals surface area (Å²) in [5.41, 5.74) is 1.23. The van der Waals surface area contributed by atoms with Gasteiger partial charge in [0.05, 0.1) is 11.6 Å². The van der Waals surface area contributed by atoms with Gasteiger partial charge in [-0.05, 0) is 38.3 Å². The third kappa shape index (κ3) is 8.90. The summed E-state index contributed by atoms with van der Waals surface area (Å²) in [5.74, 6) is -0.663. The summed E-state index contributed by atoms with van der Waals surface area (Å²) in [5, 5.41) is 20.1. The van der Waals surface area contributed by atoms with E-state index in [4.69, 9.17) is 4.74 Å². The standard InChI is InChI=1S/C33H46N4O5/c1-7-23(3)28-32(40)37(6)29(33(4,5)41)31(39)36-26(21-24-16-14-22(2)15-17-24)30(38)35-18-10-12-25-11-8-9-13-27(25)42-20-19-34-28/h8-17,23,26,28-29,34,41H,7,18-21H2,1-6H3,(H,35,38)(H,36,39)/b12-10+/t23?,26-,28+,29-/m1/s1.